The zero-order chi connectivity index (χ0) is 29.0. The zero-order valence-electron chi connectivity index (χ0n) is 22.5. The van der Waals surface area contributed by atoms with Crippen molar-refractivity contribution < 1.29 is 32.3 Å². The topological polar surface area (TPSA) is 113 Å². The number of hydrogen-bond donors (Lipinski definition) is 3. The number of amides is 3. The fraction of sp³-hybridized carbons (Fsp3) is 0.571. The van der Waals surface area contributed by atoms with E-state index in [2.05, 4.69) is 20.9 Å². The van der Waals surface area contributed by atoms with Crippen molar-refractivity contribution >= 4 is 29.1 Å². The predicted molar refractivity (Wildman–Crippen MR) is 145 cm³/mol. The Morgan fingerprint density at radius 2 is 1.93 bits per heavy atom. The summed E-state index contributed by atoms with van der Waals surface area (Å²) < 4.78 is 44.4. The number of ether oxygens (including phenoxy) is 1. The highest BCUT2D eigenvalue weighted by Crippen LogP contribution is 2.45. The Balaban J connectivity index is 1.21. The van der Waals surface area contributed by atoms with Gasteiger partial charge in [-0.1, -0.05) is 6.07 Å². The monoisotopic (exact) mass is 593 g/mol. The summed E-state index contributed by atoms with van der Waals surface area (Å²) in [6.07, 6.45) is -0.439. The third kappa shape index (κ3) is 7.25. The molecule has 3 N–H and O–H groups in total. The Morgan fingerprint density at radius 1 is 1.12 bits per heavy atom. The van der Waals surface area contributed by atoms with Crippen LogP contribution in [0.2, 0.25) is 0 Å². The minimum Gasteiger partial charge on any atom is -0.378 e. The third-order valence-electron chi connectivity index (χ3n) is 8.29. The molecule has 4 unspecified atom stereocenters. The first-order chi connectivity index (χ1) is 19.7. The molecule has 1 aromatic heterocycles. The number of benzene rings is 1. The molecule has 0 radical (unpaired) electrons. The number of alkyl halides is 3. The minimum absolute atomic E-state index is 0.0841. The summed E-state index contributed by atoms with van der Waals surface area (Å²) in [6, 6.07) is 3.89. The number of halogens is 3. The maximum atomic E-state index is 13.5. The van der Waals surface area contributed by atoms with E-state index < -0.39 is 23.6 Å². The Labute approximate surface area is 240 Å². The van der Waals surface area contributed by atoms with Crippen LogP contribution >= 0.6 is 11.3 Å². The van der Waals surface area contributed by atoms with E-state index in [9.17, 15) is 27.6 Å². The van der Waals surface area contributed by atoms with Crippen molar-refractivity contribution in [1.29, 1.82) is 0 Å². The molecule has 41 heavy (non-hydrogen) atoms. The zero-order valence-corrected chi connectivity index (χ0v) is 23.3. The van der Waals surface area contributed by atoms with Crippen LogP contribution in [0.1, 0.15) is 46.1 Å². The summed E-state index contributed by atoms with van der Waals surface area (Å²) in [4.78, 5) is 45.2. The molecule has 2 saturated heterocycles. The molecule has 0 spiro atoms. The van der Waals surface area contributed by atoms with Crippen molar-refractivity contribution in [2.75, 3.05) is 45.9 Å². The number of hydrogen-bond acceptors (Lipinski definition) is 7. The molecule has 9 nitrogen and oxygen atoms in total. The van der Waals surface area contributed by atoms with Crippen molar-refractivity contribution in [1.82, 2.24) is 25.8 Å². The van der Waals surface area contributed by atoms with Gasteiger partial charge in [-0.15, -0.1) is 11.3 Å². The van der Waals surface area contributed by atoms with Gasteiger partial charge in [-0.05, 0) is 49.3 Å². The van der Waals surface area contributed by atoms with Crippen LogP contribution in [-0.2, 0) is 20.5 Å². The Morgan fingerprint density at radius 3 is 2.66 bits per heavy atom. The highest BCUT2D eigenvalue weighted by molar-refractivity contribution is 7.09. The van der Waals surface area contributed by atoms with Crippen LogP contribution in [0.3, 0.4) is 0 Å². The number of carbonyl (C=O) groups is 3. The number of thiazole rings is 1. The largest absolute Gasteiger partial charge is 0.416 e. The number of rotatable bonds is 7. The summed E-state index contributed by atoms with van der Waals surface area (Å²) in [5.74, 6) is -0.735. The molecule has 1 aromatic carbocycles. The van der Waals surface area contributed by atoms with Gasteiger partial charge in [0, 0.05) is 61.2 Å². The van der Waals surface area contributed by atoms with Crippen molar-refractivity contribution in [3.63, 3.8) is 0 Å². The van der Waals surface area contributed by atoms with Gasteiger partial charge in [-0.25, -0.2) is 4.98 Å². The van der Waals surface area contributed by atoms with E-state index in [-0.39, 0.29) is 47.7 Å². The lowest BCUT2D eigenvalue weighted by molar-refractivity contribution is -0.142. The molecular formula is C28H34F3N5O4S. The average Bonchev–Trinajstić information content (AvgIpc) is 3.68. The fourth-order valence-electron chi connectivity index (χ4n) is 6.30. The molecule has 3 heterocycles. The molecule has 222 valence electrons. The van der Waals surface area contributed by atoms with E-state index in [4.69, 9.17) is 4.74 Å². The second-order valence-electron chi connectivity index (χ2n) is 10.9. The Kier molecular flexibility index (Phi) is 9.25. The van der Waals surface area contributed by atoms with Gasteiger partial charge in [0.2, 0.25) is 11.8 Å². The van der Waals surface area contributed by atoms with Crippen LogP contribution in [-0.4, -0.2) is 79.6 Å². The van der Waals surface area contributed by atoms with Crippen LogP contribution in [0.25, 0.3) is 0 Å². The van der Waals surface area contributed by atoms with Crippen molar-refractivity contribution in [3.05, 3.63) is 52.0 Å². The summed E-state index contributed by atoms with van der Waals surface area (Å²) in [7, 11) is 0. The van der Waals surface area contributed by atoms with Crippen molar-refractivity contribution in [2.24, 2.45) is 17.8 Å². The fourth-order valence-corrected chi connectivity index (χ4v) is 7.07. The van der Waals surface area contributed by atoms with E-state index in [1.807, 2.05) is 10.3 Å². The second kappa shape index (κ2) is 12.9. The summed E-state index contributed by atoms with van der Waals surface area (Å²) in [6.45, 7) is 3.16. The van der Waals surface area contributed by atoms with Gasteiger partial charge in [0.15, 0.2) is 0 Å². The van der Waals surface area contributed by atoms with Gasteiger partial charge in [-0.3, -0.25) is 14.4 Å². The number of morpholine rings is 1. The lowest BCUT2D eigenvalue weighted by atomic mass is 9.69. The van der Waals surface area contributed by atoms with Gasteiger partial charge in [0.25, 0.3) is 5.91 Å². The van der Waals surface area contributed by atoms with E-state index in [0.29, 0.717) is 39.4 Å². The summed E-state index contributed by atoms with van der Waals surface area (Å²) in [5.41, 5.74) is -1.09. The van der Waals surface area contributed by atoms with Gasteiger partial charge < -0.3 is 25.6 Å². The lowest BCUT2D eigenvalue weighted by Gasteiger charge is -2.40. The number of nitrogens with one attached hydrogen (secondary N) is 3. The van der Waals surface area contributed by atoms with Crippen molar-refractivity contribution in [3.8, 4) is 0 Å². The number of carbonyl (C=O) groups excluding carboxylic acids is 3. The highest BCUT2D eigenvalue weighted by atomic mass is 32.1. The van der Waals surface area contributed by atoms with Gasteiger partial charge >= 0.3 is 6.18 Å². The molecule has 1 aliphatic carbocycles. The summed E-state index contributed by atoms with van der Waals surface area (Å²) in [5, 5.41) is 11.8. The predicted octanol–water partition coefficient (Wildman–Crippen LogP) is 2.65. The van der Waals surface area contributed by atoms with Crippen LogP contribution in [0.15, 0.2) is 35.8 Å². The molecule has 1 saturated carbocycles. The molecule has 3 amide bonds. The molecule has 2 aliphatic heterocycles. The molecule has 5 atom stereocenters. The average molecular weight is 594 g/mol. The van der Waals surface area contributed by atoms with Gasteiger partial charge in [0.05, 0.1) is 30.3 Å². The molecule has 0 bridgehead atoms. The molecule has 2 aromatic rings. The lowest BCUT2D eigenvalue weighted by Crippen LogP contribution is -2.49. The minimum atomic E-state index is -4.57. The Bertz CT molecular complexity index is 1220. The first-order valence-electron chi connectivity index (χ1n) is 13.9. The van der Waals surface area contributed by atoms with E-state index in [1.54, 1.807) is 17.5 Å². The maximum Gasteiger partial charge on any atom is 0.416 e. The summed E-state index contributed by atoms with van der Waals surface area (Å²) >= 11 is 1.60. The highest BCUT2D eigenvalue weighted by Gasteiger charge is 2.43. The van der Waals surface area contributed by atoms with Gasteiger partial charge in [-0.2, -0.15) is 13.2 Å². The van der Waals surface area contributed by atoms with E-state index in [0.717, 1.165) is 42.5 Å². The van der Waals surface area contributed by atoms with Crippen LogP contribution in [0.5, 0.6) is 0 Å². The number of nitrogens with zero attached hydrogens (tertiary/aromatic N) is 2. The number of aromatic nitrogens is 1. The van der Waals surface area contributed by atoms with Gasteiger partial charge in [0.1, 0.15) is 0 Å². The molecule has 3 fully saturated rings. The third-order valence-corrected chi connectivity index (χ3v) is 9.23. The smallest absolute Gasteiger partial charge is 0.378 e. The normalized spacial score (nSPS) is 26.9. The van der Waals surface area contributed by atoms with Crippen LogP contribution in [0.4, 0.5) is 13.2 Å². The van der Waals surface area contributed by atoms with E-state index >= 15 is 0 Å². The van der Waals surface area contributed by atoms with Crippen molar-refractivity contribution in [2.45, 2.75) is 37.4 Å². The quantitative estimate of drug-likeness (QED) is 0.455. The standard InChI is InChI=1S/C28H34F3N5O4S/c29-28(30,31)21-3-1-2-17(13-21)25(38)34-16-24(37)35-23-15-32-14-22(23)18-10-19(26-33-4-9-41-26)12-20(11-18)27(39)36-5-7-40-8-6-36/h1-4,9,13,18-20,22-23,32H,5-8,10-12,14-16H2,(H,34,38)(H,35,37)/t18?,19?,20?,22?,23-/m0/s1. The molecule has 5 rings (SSSR count). The first kappa shape index (κ1) is 29.5. The SMILES string of the molecule is O=C(CNC(=O)c1cccc(C(F)(F)F)c1)N[C@H]1CNCC1C1CC(C(=O)N2CCOCC2)CC(c2nccs2)C1. The second-order valence-corrected chi connectivity index (χ2v) is 11.9. The van der Waals surface area contributed by atoms with Crippen LogP contribution in [0, 0.1) is 17.8 Å². The Hall–Kier alpha value is -3.03. The molecule has 3 aliphatic rings. The molecule has 13 heteroatoms. The van der Waals surface area contributed by atoms with E-state index in [1.165, 1.54) is 6.07 Å². The molecular weight excluding hydrogens is 559 g/mol. The maximum absolute atomic E-state index is 13.5. The van der Waals surface area contributed by atoms with Crippen LogP contribution < -0.4 is 16.0 Å². The first-order valence-corrected chi connectivity index (χ1v) is 14.8.